The lowest BCUT2D eigenvalue weighted by molar-refractivity contribution is -0.130. The van der Waals surface area contributed by atoms with Gasteiger partial charge in [0, 0.05) is 25.3 Å². The third-order valence-electron chi connectivity index (χ3n) is 3.50. The molecule has 0 saturated carbocycles. The number of amides is 3. The number of hydrogen-bond acceptors (Lipinski definition) is 4. The van der Waals surface area contributed by atoms with Crippen molar-refractivity contribution in [3.8, 4) is 0 Å². The van der Waals surface area contributed by atoms with Crippen LogP contribution < -0.4 is 10.6 Å². The largest absolute Gasteiger partial charge is 0.325 e. The molecule has 0 radical (unpaired) electrons. The van der Waals surface area contributed by atoms with Crippen molar-refractivity contribution >= 4 is 11.9 Å². The Morgan fingerprint density at radius 2 is 2.14 bits per heavy atom. The third-order valence-corrected chi connectivity index (χ3v) is 3.50. The summed E-state index contributed by atoms with van der Waals surface area (Å²) in [6.07, 6.45) is 3.81. The summed E-state index contributed by atoms with van der Waals surface area (Å²) in [6, 6.07) is -0.111. The van der Waals surface area contributed by atoms with Crippen molar-refractivity contribution in [3.63, 3.8) is 0 Å². The van der Waals surface area contributed by atoms with Crippen molar-refractivity contribution in [3.05, 3.63) is 18.0 Å². The number of hydrogen-bond donors (Lipinski definition) is 2. The van der Waals surface area contributed by atoms with Gasteiger partial charge in [0.2, 0.25) is 0 Å². The van der Waals surface area contributed by atoms with Crippen LogP contribution >= 0.6 is 0 Å². The van der Waals surface area contributed by atoms with E-state index in [-0.39, 0.29) is 18.0 Å². The molecule has 7 nitrogen and oxygen atoms in total. The van der Waals surface area contributed by atoms with Crippen LogP contribution in [-0.2, 0) is 11.3 Å². The van der Waals surface area contributed by atoms with Crippen LogP contribution in [0.5, 0.6) is 0 Å². The Kier molecular flexibility index (Phi) is 4.32. The molecule has 1 atom stereocenters. The quantitative estimate of drug-likeness (QED) is 0.749. The second-order valence-electron chi connectivity index (χ2n) is 6.11. The Hall–Kier alpha value is -1.89. The molecule has 2 heterocycles. The van der Waals surface area contributed by atoms with Crippen LogP contribution in [0.4, 0.5) is 4.79 Å². The molecule has 0 aliphatic carbocycles. The van der Waals surface area contributed by atoms with Gasteiger partial charge in [-0.15, -0.1) is 0 Å². The summed E-state index contributed by atoms with van der Waals surface area (Å²) in [6.45, 7) is 9.16. The molecule has 7 heteroatoms. The molecule has 116 valence electrons. The molecule has 2 N–H and O–H groups in total. The lowest BCUT2D eigenvalue weighted by atomic mass is 10.1. The maximum Gasteiger partial charge on any atom is 0.325 e. The molecular weight excluding hydrogens is 270 g/mol. The second kappa shape index (κ2) is 5.85. The summed E-state index contributed by atoms with van der Waals surface area (Å²) in [7, 11) is 0. The normalized spacial score (nSPS) is 19.0. The number of imide groups is 1. The minimum absolute atomic E-state index is 0.176. The van der Waals surface area contributed by atoms with E-state index < -0.39 is 5.54 Å². The monoisotopic (exact) mass is 293 g/mol. The number of rotatable bonds is 6. The Morgan fingerprint density at radius 1 is 1.43 bits per heavy atom. The summed E-state index contributed by atoms with van der Waals surface area (Å²) < 4.78 is 1.88. The maximum absolute atomic E-state index is 12.0. The average Bonchev–Trinajstić information content (AvgIpc) is 2.85. The van der Waals surface area contributed by atoms with Gasteiger partial charge in [-0.05, 0) is 33.3 Å². The van der Waals surface area contributed by atoms with Crippen LogP contribution in [-0.4, -0.2) is 51.3 Å². The average molecular weight is 293 g/mol. The molecular formula is C14H23N5O2. The van der Waals surface area contributed by atoms with E-state index in [1.54, 1.807) is 13.8 Å². The van der Waals surface area contributed by atoms with E-state index in [1.807, 2.05) is 30.9 Å². The second-order valence-corrected chi connectivity index (χ2v) is 6.11. The first-order valence-electron chi connectivity index (χ1n) is 7.16. The van der Waals surface area contributed by atoms with Crippen molar-refractivity contribution < 1.29 is 9.59 Å². The number of aryl methyl sites for hydroxylation is 1. The van der Waals surface area contributed by atoms with E-state index in [9.17, 15) is 9.59 Å². The number of nitrogens with zero attached hydrogens (tertiary/aromatic N) is 3. The van der Waals surface area contributed by atoms with Gasteiger partial charge in [0.1, 0.15) is 5.54 Å². The Bertz CT molecular complexity index is 537. The smallest absolute Gasteiger partial charge is 0.324 e. The van der Waals surface area contributed by atoms with E-state index in [2.05, 4.69) is 15.7 Å². The van der Waals surface area contributed by atoms with Crippen molar-refractivity contribution in [2.24, 2.45) is 0 Å². The summed E-state index contributed by atoms with van der Waals surface area (Å²) in [4.78, 5) is 25.0. The van der Waals surface area contributed by atoms with Crippen LogP contribution in [0.1, 0.15) is 26.3 Å². The first-order chi connectivity index (χ1) is 9.79. The van der Waals surface area contributed by atoms with Crippen molar-refractivity contribution in [1.82, 2.24) is 25.3 Å². The third kappa shape index (κ3) is 3.60. The number of aromatic nitrogens is 2. The zero-order valence-electron chi connectivity index (χ0n) is 13.0. The molecule has 1 aromatic rings. The van der Waals surface area contributed by atoms with Gasteiger partial charge in [0.25, 0.3) is 5.91 Å². The molecule has 1 saturated heterocycles. The first kappa shape index (κ1) is 15.5. The number of urea groups is 1. The van der Waals surface area contributed by atoms with Crippen LogP contribution in [0.3, 0.4) is 0 Å². The molecule has 21 heavy (non-hydrogen) atoms. The van der Waals surface area contributed by atoms with Gasteiger partial charge >= 0.3 is 6.03 Å². The van der Waals surface area contributed by atoms with Crippen LogP contribution in [0, 0.1) is 6.92 Å². The Labute approximate surface area is 124 Å². The van der Waals surface area contributed by atoms with Gasteiger partial charge in [-0.25, -0.2) is 4.79 Å². The number of carbonyl (C=O) groups excluding carboxylic acids is 2. The summed E-state index contributed by atoms with van der Waals surface area (Å²) in [5, 5.41) is 10.2. The molecule has 3 amide bonds. The zero-order valence-corrected chi connectivity index (χ0v) is 13.0. The van der Waals surface area contributed by atoms with Crippen LogP contribution in [0.25, 0.3) is 0 Å². The minimum atomic E-state index is -0.796. The van der Waals surface area contributed by atoms with Crippen molar-refractivity contribution in [2.75, 3.05) is 13.1 Å². The highest BCUT2D eigenvalue weighted by Gasteiger charge is 2.43. The van der Waals surface area contributed by atoms with E-state index >= 15 is 0 Å². The number of nitrogens with one attached hydrogen (secondary N) is 2. The fourth-order valence-corrected chi connectivity index (χ4v) is 2.36. The molecule has 1 aromatic heterocycles. The SMILES string of the molecule is Cc1cnn(CC(C)NCCN2C(=O)NC(C)(C)C2=O)c1. The van der Waals surface area contributed by atoms with Gasteiger partial charge in [-0.2, -0.15) is 5.10 Å². The summed E-state index contributed by atoms with van der Waals surface area (Å²) in [5.74, 6) is -0.176. The minimum Gasteiger partial charge on any atom is -0.324 e. The number of carbonyl (C=O) groups is 2. The van der Waals surface area contributed by atoms with Gasteiger partial charge in [0.15, 0.2) is 0 Å². The van der Waals surface area contributed by atoms with E-state index in [4.69, 9.17) is 0 Å². The lowest BCUT2D eigenvalue weighted by Crippen LogP contribution is -2.42. The zero-order chi connectivity index (χ0) is 15.6. The standard InChI is InChI=1S/C14H23N5O2/c1-10-7-16-18(8-10)9-11(2)15-5-6-19-12(20)14(3,4)17-13(19)21/h7-8,11,15H,5-6,9H2,1-4H3,(H,17,21). The van der Waals surface area contributed by atoms with E-state index in [1.165, 1.54) is 4.90 Å². The fourth-order valence-electron chi connectivity index (χ4n) is 2.36. The maximum atomic E-state index is 12.0. The molecule has 1 unspecified atom stereocenters. The van der Waals surface area contributed by atoms with Crippen molar-refractivity contribution in [1.29, 1.82) is 0 Å². The first-order valence-corrected chi connectivity index (χ1v) is 7.16. The molecule has 0 aromatic carbocycles. The van der Waals surface area contributed by atoms with Gasteiger partial charge in [-0.3, -0.25) is 14.4 Å². The summed E-state index contributed by atoms with van der Waals surface area (Å²) >= 11 is 0. The van der Waals surface area contributed by atoms with Crippen molar-refractivity contribution in [2.45, 2.75) is 45.8 Å². The highest BCUT2D eigenvalue weighted by atomic mass is 16.2. The van der Waals surface area contributed by atoms with E-state index in [0.29, 0.717) is 13.1 Å². The topological polar surface area (TPSA) is 79.3 Å². The van der Waals surface area contributed by atoms with Crippen LogP contribution in [0.15, 0.2) is 12.4 Å². The predicted molar refractivity (Wildman–Crippen MR) is 78.8 cm³/mol. The highest BCUT2D eigenvalue weighted by Crippen LogP contribution is 2.15. The molecule has 0 bridgehead atoms. The predicted octanol–water partition coefficient (Wildman–Crippen LogP) is 0.500. The fraction of sp³-hybridized carbons (Fsp3) is 0.643. The molecule has 0 spiro atoms. The molecule has 1 fully saturated rings. The molecule has 2 rings (SSSR count). The Balaban J connectivity index is 1.76. The summed E-state index contributed by atoms with van der Waals surface area (Å²) in [5.41, 5.74) is 0.332. The highest BCUT2D eigenvalue weighted by molar-refractivity contribution is 6.06. The van der Waals surface area contributed by atoms with Gasteiger partial charge in [0.05, 0.1) is 12.7 Å². The van der Waals surface area contributed by atoms with Crippen LogP contribution in [0.2, 0.25) is 0 Å². The van der Waals surface area contributed by atoms with Gasteiger partial charge < -0.3 is 10.6 Å². The van der Waals surface area contributed by atoms with E-state index in [0.717, 1.165) is 12.1 Å². The molecule has 1 aliphatic rings. The molecule has 1 aliphatic heterocycles. The lowest BCUT2D eigenvalue weighted by Gasteiger charge is -2.18. The van der Waals surface area contributed by atoms with Gasteiger partial charge in [-0.1, -0.05) is 0 Å². The Morgan fingerprint density at radius 3 is 2.67 bits per heavy atom.